The number of aliphatic imine (C=N–C) groups is 3. The Kier molecular flexibility index (Phi) is 7.28. The van der Waals surface area contributed by atoms with E-state index in [1.54, 1.807) is 4.90 Å². The quantitative estimate of drug-likeness (QED) is 0.271. The smallest absolute Gasteiger partial charge is 0.208 e. The van der Waals surface area contributed by atoms with E-state index in [0.717, 1.165) is 24.8 Å². The highest BCUT2D eigenvalue weighted by Crippen LogP contribution is 2.34. The van der Waals surface area contributed by atoms with Crippen LogP contribution in [-0.4, -0.2) is 87.0 Å². The molecule has 0 saturated carbocycles. The number of benzene rings is 1. The van der Waals surface area contributed by atoms with Gasteiger partial charge in [0.05, 0.1) is 18.0 Å². The second-order valence-electron chi connectivity index (χ2n) is 8.32. The van der Waals surface area contributed by atoms with Crippen molar-refractivity contribution >= 4 is 30.5 Å². The molecule has 3 aliphatic rings. The zero-order valence-electron chi connectivity index (χ0n) is 18.1. The van der Waals surface area contributed by atoms with Crippen LogP contribution in [0.25, 0.3) is 0 Å². The third kappa shape index (κ3) is 4.48. The molecule has 0 radical (unpaired) electrons. The lowest BCUT2D eigenvalue weighted by atomic mass is 9.97. The molecule has 1 aromatic carbocycles. The van der Waals surface area contributed by atoms with Gasteiger partial charge >= 0.3 is 0 Å². The molecule has 0 aliphatic carbocycles. The zero-order chi connectivity index (χ0) is 22.7. The van der Waals surface area contributed by atoms with E-state index in [0.29, 0.717) is 18.1 Å². The fraction of sp³-hybridized carbons (Fsp3) is 0.591. The maximum Gasteiger partial charge on any atom is 0.208 e. The minimum atomic E-state index is -1.57. The lowest BCUT2D eigenvalue weighted by Gasteiger charge is -2.35. The number of ether oxygens (including phenoxy) is 1. The first kappa shape index (κ1) is 23.3. The zero-order valence-corrected chi connectivity index (χ0v) is 19.0. The summed E-state index contributed by atoms with van der Waals surface area (Å²) < 4.78 is 5.94. The van der Waals surface area contributed by atoms with E-state index < -0.39 is 35.7 Å². The summed E-state index contributed by atoms with van der Waals surface area (Å²) in [6, 6.07) is 9.60. The summed E-state index contributed by atoms with van der Waals surface area (Å²) in [6.45, 7) is 2.53. The van der Waals surface area contributed by atoms with Gasteiger partial charge in [-0.05, 0) is 18.5 Å². The van der Waals surface area contributed by atoms with Crippen LogP contribution < -0.4 is 5.32 Å². The largest absolute Gasteiger partial charge is 0.394 e. The SMILES string of the molecule is CCCCCNC1N=C2C(=NC=NC2(O)Cc2ccccc2)N1[C@@H]1O[C@H](CO)[C@@H](O)[C@H]1S. The van der Waals surface area contributed by atoms with Crippen LogP contribution >= 0.6 is 12.6 Å². The number of nitrogens with zero attached hydrogens (tertiary/aromatic N) is 4. The summed E-state index contributed by atoms with van der Waals surface area (Å²) in [5.74, 6) is 0.432. The van der Waals surface area contributed by atoms with Gasteiger partial charge in [0.15, 0.2) is 12.1 Å². The third-order valence-electron chi connectivity index (χ3n) is 5.99. The Labute approximate surface area is 193 Å². The number of unbranched alkanes of at least 4 members (excludes halogenated alkanes) is 2. The number of thiol groups is 1. The van der Waals surface area contributed by atoms with Crippen LogP contribution in [0.3, 0.4) is 0 Å². The standard InChI is InChI=1S/C22H31N5O4S/c1-2-3-7-10-23-21-26-18-19(27(21)20-17(32)16(29)15(12-28)31-20)24-13-25-22(18,30)11-14-8-5-4-6-9-14/h4-6,8-9,13,15-17,20-21,23,28-30,32H,2-3,7,10-12H2,1H3/t15-,16-,17-,20-,21?,22?/m1/s1. The number of hydrogen-bond donors (Lipinski definition) is 5. The van der Waals surface area contributed by atoms with Crippen LogP contribution in [0, 0.1) is 0 Å². The summed E-state index contributed by atoms with van der Waals surface area (Å²) in [5, 5.41) is 34.3. The molecule has 10 heteroatoms. The minimum Gasteiger partial charge on any atom is -0.394 e. The predicted molar refractivity (Wildman–Crippen MR) is 126 cm³/mol. The monoisotopic (exact) mass is 461 g/mol. The molecule has 1 saturated heterocycles. The summed E-state index contributed by atoms with van der Waals surface area (Å²) in [7, 11) is 0. The van der Waals surface area contributed by atoms with Crippen LogP contribution in [0.1, 0.15) is 31.7 Å². The molecule has 3 aliphatic heterocycles. The lowest BCUT2D eigenvalue weighted by molar-refractivity contribution is -0.0668. The first-order valence-electron chi connectivity index (χ1n) is 11.1. The van der Waals surface area contributed by atoms with E-state index in [-0.39, 0.29) is 13.0 Å². The highest BCUT2D eigenvalue weighted by atomic mass is 32.1. The Bertz CT molecular complexity index is 882. The molecule has 2 unspecified atom stereocenters. The Morgan fingerprint density at radius 1 is 1.25 bits per heavy atom. The maximum absolute atomic E-state index is 11.5. The summed E-state index contributed by atoms with van der Waals surface area (Å²) in [4.78, 5) is 15.3. The van der Waals surface area contributed by atoms with Crippen molar-refractivity contribution in [3.63, 3.8) is 0 Å². The number of nitrogens with one attached hydrogen (secondary N) is 1. The molecule has 3 heterocycles. The normalized spacial score (nSPS) is 33.9. The third-order valence-corrected chi connectivity index (χ3v) is 6.55. The number of fused-ring (bicyclic) bond motifs is 1. The average molecular weight is 462 g/mol. The van der Waals surface area contributed by atoms with Gasteiger partial charge in [-0.3, -0.25) is 10.2 Å². The van der Waals surface area contributed by atoms with Crippen molar-refractivity contribution in [2.24, 2.45) is 15.0 Å². The van der Waals surface area contributed by atoms with Crippen molar-refractivity contribution in [3.8, 4) is 0 Å². The Balaban J connectivity index is 1.63. The molecular weight excluding hydrogens is 430 g/mol. The van der Waals surface area contributed by atoms with Gasteiger partial charge in [-0.2, -0.15) is 12.6 Å². The second-order valence-corrected chi connectivity index (χ2v) is 8.92. The number of amidine groups is 1. The molecule has 1 aromatic rings. The molecule has 0 amide bonds. The molecule has 174 valence electrons. The fourth-order valence-corrected chi connectivity index (χ4v) is 4.67. The van der Waals surface area contributed by atoms with Crippen molar-refractivity contribution in [2.75, 3.05) is 13.2 Å². The van der Waals surface area contributed by atoms with E-state index in [1.165, 1.54) is 6.34 Å². The Hall–Kier alpha value is -1.82. The van der Waals surface area contributed by atoms with Gasteiger partial charge in [0, 0.05) is 6.42 Å². The van der Waals surface area contributed by atoms with Crippen LogP contribution in [0.15, 0.2) is 45.3 Å². The Morgan fingerprint density at radius 3 is 2.72 bits per heavy atom. The average Bonchev–Trinajstić information content (AvgIpc) is 3.30. The van der Waals surface area contributed by atoms with Gasteiger partial charge in [-0.25, -0.2) is 15.0 Å². The highest BCUT2D eigenvalue weighted by molar-refractivity contribution is 7.81. The minimum absolute atomic E-state index is 0.246. The Morgan fingerprint density at radius 2 is 2.03 bits per heavy atom. The first-order chi connectivity index (χ1) is 15.5. The first-order valence-corrected chi connectivity index (χ1v) is 11.6. The number of aliphatic hydroxyl groups excluding tert-OH is 2. The van der Waals surface area contributed by atoms with E-state index in [1.807, 2.05) is 30.3 Å². The van der Waals surface area contributed by atoms with Gasteiger partial charge in [0.1, 0.15) is 24.4 Å². The van der Waals surface area contributed by atoms with Crippen molar-refractivity contribution in [3.05, 3.63) is 35.9 Å². The van der Waals surface area contributed by atoms with Crippen LogP contribution in [0.2, 0.25) is 0 Å². The number of rotatable bonds is 9. The van der Waals surface area contributed by atoms with Gasteiger partial charge in [-0.15, -0.1) is 0 Å². The van der Waals surface area contributed by atoms with Crippen LogP contribution in [0.5, 0.6) is 0 Å². The van der Waals surface area contributed by atoms with Gasteiger partial charge in [0.25, 0.3) is 0 Å². The maximum atomic E-state index is 11.5. The molecule has 0 aromatic heterocycles. The fourth-order valence-electron chi connectivity index (χ4n) is 4.26. The second kappa shape index (κ2) is 9.98. The van der Waals surface area contributed by atoms with E-state index >= 15 is 0 Å². The van der Waals surface area contributed by atoms with Crippen molar-refractivity contribution in [1.82, 2.24) is 10.2 Å². The van der Waals surface area contributed by atoms with E-state index in [9.17, 15) is 15.3 Å². The molecule has 9 nitrogen and oxygen atoms in total. The molecule has 4 N–H and O–H groups in total. The molecule has 0 bridgehead atoms. The van der Waals surface area contributed by atoms with Crippen LogP contribution in [-0.2, 0) is 11.2 Å². The number of aliphatic hydroxyl groups is 3. The van der Waals surface area contributed by atoms with Crippen LogP contribution in [0.4, 0.5) is 0 Å². The topological polar surface area (TPSA) is 122 Å². The molecule has 6 atom stereocenters. The highest BCUT2D eigenvalue weighted by Gasteiger charge is 2.53. The van der Waals surface area contributed by atoms with Crippen molar-refractivity contribution < 1.29 is 20.1 Å². The summed E-state index contributed by atoms with van der Waals surface area (Å²) >= 11 is 4.56. The predicted octanol–water partition coefficient (Wildman–Crippen LogP) is 0.555. The molecule has 0 spiro atoms. The summed E-state index contributed by atoms with van der Waals surface area (Å²) in [5.41, 5.74) is -0.305. The lowest BCUT2D eigenvalue weighted by Crippen LogP contribution is -2.56. The van der Waals surface area contributed by atoms with Gasteiger partial charge < -0.3 is 20.1 Å². The molecule has 32 heavy (non-hydrogen) atoms. The molecular formula is C22H31N5O4S. The van der Waals surface area contributed by atoms with Gasteiger partial charge in [-0.1, -0.05) is 50.1 Å². The van der Waals surface area contributed by atoms with E-state index in [2.05, 4.69) is 34.9 Å². The van der Waals surface area contributed by atoms with Crippen molar-refractivity contribution in [2.45, 2.75) is 68.3 Å². The van der Waals surface area contributed by atoms with Gasteiger partial charge in [0.2, 0.25) is 5.72 Å². The summed E-state index contributed by atoms with van der Waals surface area (Å²) in [6.07, 6.45) is 1.78. The van der Waals surface area contributed by atoms with Crippen molar-refractivity contribution in [1.29, 1.82) is 0 Å². The number of hydrogen-bond acceptors (Lipinski definition) is 10. The molecule has 4 rings (SSSR count). The molecule has 1 fully saturated rings. The van der Waals surface area contributed by atoms with E-state index in [4.69, 9.17) is 9.73 Å².